The van der Waals surface area contributed by atoms with Crippen molar-refractivity contribution in [1.29, 1.82) is 0 Å². The Hall–Kier alpha value is -2.67. The molecule has 128 valence electrons. The molecule has 7 heteroatoms. The van der Waals surface area contributed by atoms with Gasteiger partial charge in [0.05, 0.1) is 18.0 Å². The van der Waals surface area contributed by atoms with Crippen LogP contribution in [0.3, 0.4) is 0 Å². The maximum Gasteiger partial charge on any atom is 0.325 e. The molecule has 0 aliphatic heterocycles. The van der Waals surface area contributed by atoms with Crippen molar-refractivity contribution in [2.45, 2.75) is 17.5 Å². The average Bonchev–Trinajstić information content (AvgIpc) is 2.62. The summed E-state index contributed by atoms with van der Waals surface area (Å²) in [7, 11) is 1.27. The fraction of sp³-hybridized carbons (Fsp3) is 0.167. The Morgan fingerprint density at radius 2 is 2.04 bits per heavy atom. The van der Waals surface area contributed by atoms with E-state index < -0.39 is 5.97 Å². The minimum absolute atomic E-state index is 0.224. The van der Waals surface area contributed by atoms with Crippen LogP contribution in [0.1, 0.15) is 5.56 Å². The van der Waals surface area contributed by atoms with E-state index in [1.165, 1.54) is 35.6 Å². The summed E-state index contributed by atoms with van der Waals surface area (Å²) < 4.78 is 19.3. The molecule has 5 nitrogen and oxygen atoms in total. The molecular weight excluding hydrogens is 343 g/mol. The SMILES string of the molecule is COC(=O)Cn1c(SCc2cccc(F)c2)nc2ccccc2c1=O. The minimum Gasteiger partial charge on any atom is -0.468 e. The molecule has 25 heavy (non-hydrogen) atoms. The smallest absolute Gasteiger partial charge is 0.325 e. The zero-order chi connectivity index (χ0) is 17.8. The number of halogens is 1. The second kappa shape index (κ2) is 7.48. The molecule has 0 bridgehead atoms. The summed E-state index contributed by atoms with van der Waals surface area (Å²) >= 11 is 1.27. The van der Waals surface area contributed by atoms with E-state index in [0.717, 1.165) is 5.56 Å². The van der Waals surface area contributed by atoms with Crippen molar-refractivity contribution in [3.63, 3.8) is 0 Å². The van der Waals surface area contributed by atoms with Crippen LogP contribution in [0, 0.1) is 5.82 Å². The summed E-state index contributed by atoms with van der Waals surface area (Å²) in [5.74, 6) is -0.438. The van der Waals surface area contributed by atoms with Gasteiger partial charge in [0.1, 0.15) is 12.4 Å². The number of thioether (sulfide) groups is 1. The van der Waals surface area contributed by atoms with Gasteiger partial charge in [-0.25, -0.2) is 9.37 Å². The van der Waals surface area contributed by atoms with Gasteiger partial charge in [0.25, 0.3) is 5.56 Å². The number of esters is 1. The van der Waals surface area contributed by atoms with Crippen molar-refractivity contribution in [2.24, 2.45) is 0 Å². The highest BCUT2D eigenvalue weighted by atomic mass is 32.2. The Balaban J connectivity index is 2.00. The number of ether oxygens (including phenoxy) is 1. The number of carbonyl (C=O) groups excluding carboxylic acids is 1. The summed E-state index contributed by atoms with van der Waals surface area (Å²) in [5.41, 5.74) is 1.00. The highest BCUT2D eigenvalue weighted by Gasteiger charge is 2.14. The van der Waals surface area contributed by atoms with E-state index in [1.54, 1.807) is 36.4 Å². The van der Waals surface area contributed by atoms with Crippen molar-refractivity contribution in [2.75, 3.05) is 7.11 Å². The molecule has 0 aliphatic rings. The Kier molecular flexibility index (Phi) is 5.14. The third-order valence-electron chi connectivity index (χ3n) is 3.60. The fourth-order valence-electron chi connectivity index (χ4n) is 2.37. The number of aromatic nitrogens is 2. The molecule has 0 saturated carbocycles. The predicted octanol–water partition coefficient (Wildman–Crippen LogP) is 3.00. The predicted molar refractivity (Wildman–Crippen MR) is 94.0 cm³/mol. The first-order valence-corrected chi connectivity index (χ1v) is 8.50. The molecule has 1 heterocycles. The standard InChI is InChI=1S/C18H15FN2O3S/c1-24-16(22)10-21-17(23)14-7-2-3-8-15(14)20-18(21)25-11-12-5-4-6-13(19)9-12/h2-9H,10-11H2,1H3. The molecule has 0 unspecified atom stereocenters. The highest BCUT2D eigenvalue weighted by Crippen LogP contribution is 2.22. The van der Waals surface area contributed by atoms with Crippen molar-refractivity contribution in [1.82, 2.24) is 9.55 Å². The van der Waals surface area contributed by atoms with Crippen LogP contribution < -0.4 is 5.56 Å². The van der Waals surface area contributed by atoms with Crippen LogP contribution in [0.25, 0.3) is 10.9 Å². The van der Waals surface area contributed by atoms with E-state index >= 15 is 0 Å². The molecule has 0 aliphatic carbocycles. The zero-order valence-electron chi connectivity index (χ0n) is 13.4. The number of methoxy groups -OCH3 is 1. The monoisotopic (exact) mass is 358 g/mol. The van der Waals surface area contributed by atoms with Crippen LogP contribution in [-0.4, -0.2) is 22.6 Å². The van der Waals surface area contributed by atoms with Gasteiger partial charge in [-0.05, 0) is 29.8 Å². The highest BCUT2D eigenvalue weighted by molar-refractivity contribution is 7.98. The minimum atomic E-state index is -0.535. The molecule has 3 aromatic rings. The molecule has 0 saturated heterocycles. The largest absolute Gasteiger partial charge is 0.468 e. The second-order valence-corrected chi connectivity index (χ2v) is 6.24. The molecule has 0 N–H and O–H groups in total. The molecule has 2 aromatic carbocycles. The topological polar surface area (TPSA) is 61.2 Å². The van der Waals surface area contributed by atoms with E-state index in [1.807, 2.05) is 0 Å². The van der Waals surface area contributed by atoms with Crippen LogP contribution >= 0.6 is 11.8 Å². The maximum absolute atomic E-state index is 13.3. The Morgan fingerprint density at radius 3 is 2.80 bits per heavy atom. The summed E-state index contributed by atoms with van der Waals surface area (Å²) in [6, 6.07) is 13.2. The average molecular weight is 358 g/mol. The van der Waals surface area contributed by atoms with E-state index in [9.17, 15) is 14.0 Å². The third-order valence-corrected chi connectivity index (χ3v) is 4.65. The van der Waals surface area contributed by atoms with Gasteiger partial charge in [-0.15, -0.1) is 0 Å². The van der Waals surface area contributed by atoms with Crippen molar-refractivity contribution in [3.05, 3.63) is 70.3 Å². The van der Waals surface area contributed by atoms with E-state index in [4.69, 9.17) is 0 Å². The van der Waals surface area contributed by atoms with Gasteiger partial charge in [-0.1, -0.05) is 36.0 Å². The van der Waals surface area contributed by atoms with Crippen molar-refractivity contribution >= 4 is 28.6 Å². The van der Waals surface area contributed by atoms with Crippen molar-refractivity contribution < 1.29 is 13.9 Å². The number of benzene rings is 2. The molecule has 0 spiro atoms. The van der Waals surface area contributed by atoms with Crippen LogP contribution in [0.2, 0.25) is 0 Å². The first-order chi connectivity index (χ1) is 12.1. The van der Waals surface area contributed by atoms with Gasteiger partial charge in [-0.2, -0.15) is 0 Å². The summed E-state index contributed by atoms with van der Waals surface area (Å²) in [6.07, 6.45) is 0. The van der Waals surface area contributed by atoms with Crippen LogP contribution in [0.15, 0.2) is 58.5 Å². The van der Waals surface area contributed by atoms with Gasteiger partial charge in [0.2, 0.25) is 0 Å². The summed E-state index contributed by atoms with van der Waals surface area (Å²) in [5, 5.41) is 0.819. The van der Waals surface area contributed by atoms with Crippen molar-refractivity contribution in [3.8, 4) is 0 Å². The maximum atomic E-state index is 13.3. The zero-order valence-corrected chi connectivity index (χ0v) is 14.3. The Labute approximate surface area is 147 Å². The lowest BCUT2D eigenvalue weighted by atomic mass is 10.2. The Morgan fingerprint density at radius 1 is 1.24 bits per heavy atom. The molecule has 0 atom stereocenters. The molecule has 0 amide bonds. The first kappa shape index (κ1) is 17.2. The van der Waals surface area contributed by atoms with Crippen LogP contribution in [0.5, 0.6) is 0 Å². The molecular formula is C18H15FN2O3S. The van der Waals surface area contributed by atoms with Gasteiger partial charge >= 0.3 is 5.97 Å². The molecule has 1 aromatic heterocycles. The second-order valence-electron chi connectivity index (χ2n) is 5.30. The van der Waals surface area contributed by atoms with E-state index in [-0.39, 0.29) is 17.9 Å². The third kappa shape index (κ3) is 3.88. The summed E-state index contributed by atoms with van der Waals surface area (Å²) in [6.45, 7) is -0.224. The molecule has 3 rings (SSSR count). The molecule has 0 radical (unpaired) electrons. The normalized spacial score (nSPS) is 10.8. The summed E-state index contributed by atoms with van der Waals surface area (Å²) in [4.78, 5) is 28.9. The lowest BCUT2D eigenvalue weighted by Crippen LogP contribution is -2.27. The first-order valence-electron chi connectivity index (χ1n) is 7.52. The van der Waals surface area contributed by atoms with Gasteiger partial charge in [0, 0.05) is 5.75 Å². The number of hydrogen-bond acceptors (Lipinski definition) is 5. The number of rotatable bonds is 5. The molecule has 0 fully saturated rings. The number of fused-ring (bicyclic) bond motifs is 1. The Bertz CT molecular complexity index is 987. The van der Waals surface area contributed by atoms with E-state index in [2.05, 4.69) is 9.72 Å². The fourth-order valence-corrected chi connectivity index (χ4v) is 3.31. The van der Waals surface area contributed by atoms with Crippen LogP contribution in [-0.2, 0) is 21.8 Å². The lowest BCUT2D eigenvalue weighted by molar-refractivity contribution is -0.141. The number of carbonyl (C=O) groups is 1. The number of para-hydroxylation sites is 1. The lowest BCUT2D eigenvalue weighted by Gasteiger charge is -2.12. The van der Waals surface area contributed by atoms with Gasteiger partial charge in [-0.3, -0.25) is 14.2 Å². The quantitative estimate of drug-likeness (QED) is 0.399. The number of hydrogen-bond donors (Lipinski definition) is 0. The van der Waals surface area contributed by atoms with Gasteiger partial charge in [0.15, 0.2) is 5.16 Å². The van der Waals surface area contributed by atoms with Gasteiger partial charge < -0.3 is 4.74 Å². The van der Waals surface area contributed by atoms with Crippen LogP contribution in [0.4, 0.5) is 4.39 Å². The van der Waals surface area contributed by atoms with E-state index in [0.29, 0.717) is 21.8 Å². The number of nitrogens with zero attached hydrogens (tertiary/aromatic N) is 2.